The number of phenols is 1. The Hall–Kier alpha value is -1.55. The van der Waals surface area contributed by atoms with Crippen LogP contribution in [0.3, 0.4) is 0 Å². The molecule has 1 aromatic carbocycles. The molecule has 1 saturated heterocycles. The zero-order valence-electron chi connectivity index (χ0n) is 16.9. The molecule has 1 fully saturated rings. The first-order chi connectivity index (χ1) is 11.4. The maximum atomic E-state index is 12.9. The smallest absolute Gasteiger partial charge is 0.229 e. The number of aromatic hydroxyl groups is 1. The Morgan fingerprint density at radius 2 is 1.48 bits per heavy atom. The summed E-state index contributed by atoms with van der Waals surface area (Å²) in [4.78, 5) is 14.9. The molecule has 1 atom stereocenters. The van der Waals surface area contributed by atoms with Gasteiger partial charge in [-0.1, -0.05) is 53.7 Å². The Morgan fingerprint density at radius 3 is 1.88 bits per heavy atom. The van der Waals surface area contributed by atoms with Crippen molar-refractivity contribution in [2.75, 3.05) is 26.2 Å². The number of carbonyl (C=O) groups is 1. The summed E-state index contributed by atoms with van der Waals surface area (Å²) in [6, 6.07) is 4.05. The molecule has 2 N–H and O–H groups in total. The summed E-state index contributed by atoms with van der Waals surface area (Å²) in [6.45, 7) is 17.8. The molecule has 0 bridgehead atoms. The number of rotatable bonds is 2. The number of nitrogens with one attached hydrogen (secondary N) is 1. The van der Waals surface area contributed by atoms with Crippen molar-refractivity contribution < 1.29 is 9.90 Å². The molecule has 2 rings (SSSR count). The van der Waals surface area contributed by atoms with Crippen LogP contribution in [0.25, 0.3) is 0 Å². The third kappa shape index (κ3) is 4.35. The molecule has 1 aliphatic heterocycles. The van der Waals surface area contributed by atoms with E-state index in [1.54, 1.807) is 0 Å². The number of hydrogen-bond donors (Lipinski definition) is 2. The fraction of sp³-hybridized carbons (Fsp3) is 0.667. The monoisotopic (exact) mass is 346 g/mol. The number of carbonyl (C=O) groups excluding carboxylic acids is 1. The van der Waals surface area contributed by atoms with Gasteiger partial charge >= 0.3 is 0 Å². The van der Waals surface area contributed by atoms with Crippen molar-refractivity contribution in [2.24, 2.45) is 0 Å². The fourth-order valence-corrected chi connectivity index (χ4v) is 3.35. The standard InChI is InChI=1S/C21H34N2O2/c1-14(19(25)23-10-8-22-9-11-23)15-12-16(20(2,3)4)18(24)17(13-15)21(5,6)7/h12-14,22,24H,8-11H2,1-7H3. The van der Waals surface area contributed by atoms with Crippen LogP contribution in [0, 0.1) is 0 Å². The van der Waals surface area contributed by atoms with Crippen molar-refractivity contribution >= 4 is 5.91 Å². The first kappa shape index (κ1) is 19.8. The van der Waals surface area contributed by atoms with Gasteiger partial charge in [0.1, 0.15) is 5.75 Å². The molecule has 1 aromatic rings. The number of amides is 1. The molecule has 0 spiro atoms. The molecule has 0 radical (unpaired) electrons. The maximum absolute atomic E-state index is 12.9. The molecule has 1 unspecified atom stereocenters. The molecule has 140 valence electrons. The Balaban J connectivity index is 2.47. The lowest BCUT2D eigenvalue weighted by atomic mass is 9.77. The maximum Gasteiger partial charge on any atom is 0.229 e. The van der Waals surface area contributed by atoms with Gasteiger partial charge in [-0.05, 0) is 34.4 Å². The van der Waals surface area contributed by atoms with Crippen LogP contribution in [-0.4, -0.2) is 42.1 Å². The van der Waals surface area contributed by atoms with Crippen LogP contribution in [0.15, 0.2) is 12.1 Å². The van der Waals surface area contributed by atoms with Gasteiger partial charge in [-0.3, -0.25) is 4.79 Å². The summed E-state index contributed by atoms with van der Waals surface area (Å²) in [6.07, 6.45) is 0. The quantitative estimate of drug-likeness (QED) is 0.861. The second-order valence-electron chi connectivity index (χ2n) is 9.26. The van der Waals surface area contributed by atoms with Crippen LogP contribution in [0.4, 0.5) is 0 Å². The SMILES string of the molecule is CC(C(=O)N1CCNCC1)c1cc(C(C)(C)C)c(O)c(C(C)(C)C)c1. The molecule has 1 amide bonds. The summed E-state index contributed by atoms with van der Waals surface area (Å²) in [5.74, 6) is 0.332. The Kier molecular flexibility index (Phi) is 5.53. The third-order valence-electron chi connectivity index (χ3n) is 5.05. The van der Waals surface area contributed by atoms with Gasteiger partial charge in [0.15, 0.2) is 0 Å². The lowest BCUT2D eigenvalue weighted by Crippen LogP contribution is -2.47. The summed E-state index contributed by atoms with van der Waals surface area (Å²) < 4.78 is 0. The average Bonchev–Trinajstić information content (AvgIpc) is 2.52. The number of benzene rings is 1. The minimum atomic E-state index is -0.208. The van der Waals surface area contributed by atoms with Gasteiger partial charge < -0.3 is 15.3 Å². The highest BCUT2D eigenvalue weighted by atomic mass is 16.3. The zero-order valence-corrected chi connectivity index (χ0v) is 16.9. The van der Waals surface area contributed by atoms with Gasteiger partial charge in [0, 0.05) is 26.2 Å². The van der Waals surface area contributed by atoms with E-state index < -0.39 is 0 Å². The summed E-state index contributed by atoms with van der Waals surface area (Å²) in [5, 5.41) is 14.1. The molecule has 0 aromatic heterocycles. The molecule has 1 heterocycles. The number of nitrogens with zero attached hydrogens (tertiary/aromatic N) is 1. The predicted molar refractivity (Wildman–Crippen MR) is 103 cm³/mol. The van der Waals surface area contributed by atoms with Crippen molar-refractivity contribution in [3.8, 4) is 5.75 Å². The van der Waals surface area contributed by atoms with Crippen LogP contribution in [-0.2, 0) is 15.6 Å². The first-order valence-corrected chi connectivity index (χ1v) is 9.30. The van der Waals surface area contributed by atoms with E-state index in [9.17, 15) is 9.90 Å². The largest absolute Gasteiger partial charge is 0.507 e. The molecule has 0 aliphatic carbocycles. The van der Waals surface area contributed by atoms with Gasteiger partial charge in [-0.15, -0.1) is 0 Å². The number of piperazine rings is 1. The topological polar surface area (TPSA) is 52.6 Å². The van der Waals surface area contributed by atoms with E-state index in [0.717, 1.165) is 42.9 Å². The fourth-order valence-electron chi connectivity index (χ4n) is 3.35. The van der Waals surface area contributed by atoms with E-state index in [1.165, 1.54) is 0 Å². The van der Waals surface area contributed by atoms with Crippen molar-refractivity contribution in [1.82, 2.24) is 10.2 Å². The van der Waals surface area contributed by atoms with E-state index >= 15 is 0 Å². The van der Waals surface area contributed by atoms with Gasteiger partial charge in [-0.2, -0.15) is 0 Å². The van der Waals surface area contributed by atoms with Gasteiger partial charge in [0.2, 0.25) is 5.91 Å². The van der Waals surface area contributed by atoms with E-state index in [2.05, 4.69) is 46.9 Å². The van der Waals surface area contributed by atoms with Crippen molar-refractivity contribution in [1.29, 1.82) is 0 Å². The summed E-state index contributed by atoms with van der Waals surface area (Å²) >= 11 is 0. The van der Waals surface area contributed by atoms with Crippen molar-refractivity contribution in [3.05, 3.63) is 28.8 Å². The molecule has 1 aliphatic rings. The highest BCUT2D eigenvalue weighted by molar-refractivity contribution is 5.83. The Morgan fingerprint density at radius 1 is 1.04 bits per heavy atom. The summed E-state index contributed by atoms with van der Waals surface area (Å²) in [5.41, 5.74) is 2.46. The highest BCUT2D eigenvalue weighted by Gasteiger charge is 2.30. The van der Waals surface area contributed by atoms with Crippen molar-refractivity contribution in [2.45, 2.75) is 65.2 Å². The van der Waals surface area contributed by atoms with Gasteiger partial charge in [0.25, 0.3) is 0 Å². The Bertz CT molecular complexity index is 597. The van der Waals surface area contributed by atoms with E-state index in [4.69, 9.17) is 0 Å². The highest BCUT2D eigenvalue weighted by Crippen LogP contribution is 2.41. The molecule has 4 nitrogen and oxygen atoms in total. The minimum Gasteiger partial charge on any atom is -0.507 e. The molecule has 4 heteroatoms. The van der Waals surface area contributed by atoms with Gasteiger partial charge in [-0.25, -0.2) is 0 Å². The molecular weight excluding hydrogens is 312 g/mol. The predicted octanol–water partition coefficient (Wildman–Crippen LogP) is 3.52. The van der Waals surface area contributed by atoms with Crippen LogP contribution in [0.2, 0.25) is 0 Å². The van der Waals surface area contributed by atoms with Crippen LogP contribution in [0.1, 0.15) is 71.1 Å². The third-order valence-corrected chi connectivity index (χ3v) is 5.05. The summed E-state index contributed by atoms with van der Waals surface area (Å²) in [7, 11) is 0. The van der Waals surface area contributed by atoms with E-state index in [0.29, 0.717) is 5.75 Å². The normalized spacial score (nSPS) is 17.5. The Labute approximate surface area is 152 Å². The number of hydrogen-bond acceptors (Lipinski definition) is 3. The average molecular weight is 347 g/mol. The minimum absolute atomic E-state index is 0.173. The molecule has 25 heavy (non-hydrogen) atoms. The second-order valence-corrected chi connectivity index (χ2v) is 9.26. The lowest BCUT2D eigenvalue weighted by Gasteiger charge is -2.32. The van der Waals surface area contributed by atoms with Gasteiger partial charge in [0.05, 0.1) is 5.92 Å². The van der Waals surface area contributed by atoms with Crippen molar-refractivity contribution in [3.63, 3.8) is 0 Å². The molecular formula is C21H34N2O2. The van der Waals surface area contributed by atoms with E-state index in [1.807, 2.05) is 24.0 Å². The first-order valence-electron chi connectivity index (χ1n) is 9.30. The van der Waals surface area contributed by atoms with Crippen LogP contribution < -0.4 is 5.32 Å². The molecule has 0 saturated carbocycles. The van der Waals surface area contributed by atoms with Crippen LogP contribution in [0.5, 0.6) is 5.75 Å². The zero-order chi connectivity index (χ0) is 19.0. The number of phenolic OH excluding ortho intramolecular Hbond substituents is 1. The lowest BCUT2D eigenvalue weighted by molar-refractivity contribution is -0.133. The second kappa shape index (κ2) is 6.99. The van der Waals surface area contributed by atoms with Crippen LogP contribution >= 0.6 is 0 Å². The van der Waals surface area contributed by atoms with E-state index in [-0.39, 0.29) is 22.7 Å².